The predicted octanol–water partition coefficient (Wildman–Crippen LogP) is 9.05. The standard InChI is InChI=1S/C8HF17O3S.C7HF15O3S/c9-1(10,3(13,14)5(17,18)7(21,22)23)2(11,12)4(15,16)6(19,20)8(24,25)29(26,27)28;8-1(9,2(10,11)4(14,15)6(18,19)20)3(12,13)5(16,17)7(21,22)26(23,24)25/h(H,26,27,28);(H,23,24,25). The molecule has 0 rings (SSSR count). The number of rotatable bonds is 13. The summed E-state index contributed by atoms with van der Waals surface area (Å²) in [5.74, 6) is -94.0. The fourth-order valence-corrected chi connectivity index (χ4v) is 3.33. The highest BCUT2D eigenvalue weighted by Crippen LogP contribution is 2.65. The van der Waals surface area contributed by atoms with Gasteiger partial charge < -0.3 is 0 Å². The summed E-state index contributed by atoms with van der Waals surface area (Å²) in [5, 5.41) is -15.5. The van der Waals surface area contributed by atoms with Crippen LogP contribution in [0.15, 0.2) is 0 Å². The van der Waals surface area contributed by atoms with Crippen molar-refractivity contribution in [2.24, 2.45) is 0 Å². The van der Waals surface area contributed by atoms with Crippen molar-refractivity contribution in [2.75, 3.05) is 0 Å². The van der Waals surface area contributed by atoms with Gasteiger partial charge in [0.15, 0.2) is 0 Å². The van der Waals surface area contributed by atoms with Gasteiger partial charge in [0.1, 0.15) is 0 Å². The van der Waals surface area contributed by atoms with Crippen molar-refractivity contribution in [2.45, 2.75) is 88.0 Å². The molecule has 0 amide bonds. The Labute approximate surface area is 275 Å². The summed E-state index contributed by atoms with van der Waals surface area (Å²) in [6.45, 7) is 0. The van der Waals surface area contributed by atoms with Crippen LogP contribution in [0.5, 0.6) is 0 Å². The van der Waals surface area contributed by atoms with Crippen LogP contribution in [0.3, 0.4) is 0 Å². The highest BCUT2D eigenvalue weighted by molar-refractivity contribution is 7.87. The third-order valence-corrected chi connectivity index (χ3v) is 7.45. The van der Waals surface area contributed by atoms with E-state index in [0.717, 1.165) is 0 Å². The molecule has 55 heavy (non-hydrogen) atoms. The average molecular weight is 950 g/mol. The lowest BCUT2D eigenvalue weighted by atomic mass is 9.91. The molecule has 0 aliphatic carbocycles. The highest BCUT2D eigenvalue weighted by Gasteiger charge is 2.97. The topological polar surface area (TPSA) is 109 Å². The molecule has 6 nitrogen and oxygen atoms in total. The third-order valence-electron chi connectivity index (χ3n) is 5.64. The van der Waals surface area contributed by atoms with Crippen molar-refractivity contribution < 1.29 is 166 Å². The second kappa shape index (κ2) is 13.3. The zero-order chi connectivity index (χ0) is 46.5. The first kappa shape index (κ1) is 54.7. The van der Waals surface area contributed by atoms with Crippen molar-refractivity contribution in [3.63, 3.8) is 0 Å². The largest absolute Gasteiger partial charge is 0.460 e. The first-order valence-corrected chi connectivity index (χ1v) is 13.6. The van der Waals surface area contributed by atoms with Crippen molar-refractivity contribution >= 4 is 20.2 Å². The van der Waals surface area contributed by atoms with Crippen LogP contribution in [0.2, 0.25) is 0 Å². The molecule has 0 radical (unpaired) electrons. The van der Waals surface area contributed by atoms with Gasteiger partial charge in [-0.25, -0.2) is 0 Å². The molecule has 0 aliphatic rings. The van der Waals surface area contributed by atoms with Crippen molar-refractivity contribution in [1.82, 2.24) is 0 Å². The Balaban J connectivity index is 0. The summed E-state index contributed by atoms with van der Waals surface area (Å²) < 4.78 is 457. The molecule has 0 bridgehead atoms. The molecule has 40 heteroatoms. The smallest absolute Gasteiger partial charge is 0.281 e. The summed E-state index contributed by atoms with van der Waals surface area (Å²) in [7, 11) is -15.7. The van der Waals surface area contributed by atoms with Gasteiger partial charge in [-0.15, -0.1) is 0 Å². The van der Waals surface area contributed by atoms with Gasteiger partial charge in [-0.1, -0.05) is 0 Å². The molecule has 0 spiro atoms. The van der Waals surface area contributed by atoms with E-state index in [1.54, 1.807) is 0 Å². The fourth-order valence-electron chi connectivity index (χ4n) is 2.43. The fraction of sp³-hybridized carbons (Fsp3) is 1.00. The van der Waals surface area contributed by atoms with E-state index in [0.29, 0.717) is 0 Å². The van der Waals surface area contributed by atoms with E-state index in [2.05, 4.69) is 0 Å². The zero-order valence-electron chi connectivity index (χ0n) is 22.9. The van der Waals surface area contributed by atoms with Crippen molar-refractivity contribution in [3.05, 3.63) is 0 Å². The van der Waals surface area contributed by atoms with Crippen LogP contribution in [-0.4, -0.2) is 114 Å². The molecule has 0 aromatic heterocycles. The quantitative estimate of drug-likeness (QED) is 0.141. The van der Waals surface area contributed by atoms with Gasteiger partial charge >= 0.3 is 108 Å². The summed E-state index contributed by atoms with van der Waals surface area (Å²) in [5.41, 5.74) is 0. The molecule has 0 aliphatic heterocycles. The number of hydrogen-bond acceptors (Lipinski definition) is 4. The molecule has 0 heterocycles. The maximum atomic E-state index is 13.0. The Morgan fingerprint density at radius 2 is 0.327 bits per heavy atom. The summed E-state index contributed by atoms with van der Waals surface area (Å²) in [6, 6.07) is 0. The average Bonchev–Trinajstić information content (AvgIpc) is 2.89. The minimum Gasteiger partial charge on any atom is -0.281 e. The highest BCUT2D eigenvalue weighted by atomic mass is 32.2. The lowest BCUT2D eigenvalue weighted by Crippen LogP contribution is -2.74. The van der Waals surface area contributed by atoms with Gasteiger partial charge in [0.25, 0.3) is 0 Å². The molecule has 0 aromatic rings. The van der Waals surface area contributed by atoms with Crippen LogP contribution in [0, 0.1) is 0 Å². The lowest BCUT2D eigenvalue weighted by Gasteiger charge is -2.42. The molecule has 0 aromatic carbocycles. The van der Waals surface area contributed by atoms with Gasteiger partial charge in [0, 0.05) is 0 Å². The Hall–Kier alpha value is -2.42. The molecule has 2 N–H and O–H groups in total. The SMILES string of the molecule is O=S(=O)(O)C(F)(F)C(F)(F)C(F)(F)C(F)(F)C(F)(F)C(F)(F)C(F)(F)C(F)(F)F.O=S(=O)(O)C(F)(F)C(F)(F)C(F)(F)C(F)(F)C(F)(F)C(F)(F)C(F)(F)F. The van der Waals surface area contributed by atoms with E-state index in [-0.39, 0.29) is 0 Å². The Kier molecular flexibility index (Phi) is 13.2. The van der Waals surface area contributed by atoms with Crippen LogP contribution in [0.4, 0.5) is 140 Å². The monoisotopic (exact) mass is 950 g/mol. The van der Waals surface area contributed by atoms with E-state index in [1.165, 1.54) is 0 Å². The van der Waals surface area contributed by atoms with E-state index in [4.69, 9.17) is 9.11 Å². The summed E-state index contributed by atoms with van der Waals surface area (Å²) in [6.07, 6.45) is -15.6. The van der Waals surface area contributed by atoms with E-state index in [1.807, 2.05) is 0 Å². The zero-order valence-corrected chi connectivity index (χ0v) is 24.6. The van der Waals surface area contributed by atoms with Gasteiger partial charge in [-0.3, -0.25) is 9.11 Å². The van der Waals surface area contributed by atoms with Crippen LogP contribution in [0.1, 0.15) is 0 Å². The number of halogens is 32. The Morgan fingerprint density at radius 3 is 0.436 bits per heavy atom. The summed E-state index contributed by atoms with van der Waals surface area (Å²) >= 11 is 0. The minimum absolute atomic E-state index is 7.65. The molecule has 334 valence electrons. The molecule has 0 unspecified atom stereocenters. The van der Waals surface area contributed by atoms with Gasteiger partial charge in [-0.05, 0) is 0 Å². The maximum Gasteiger partial charge on any atom is 0.460 e. The van der Waals surface area contributed by atoms with Crippen molar-refractivity contribution in [1.29, 1.82) is 0 Å². The van der Waals surface area contributed by atoms with Gasteiger partial charge in [-0.2, -0.15) is 157 Å². The normalized spacial score (nSPS) is 16.8. The molecule has 0 saturated carbocycles. The molecule has 0 saturated heterocycles. The van der Waals surface area contributed by atoms with Crippen LogP contribution in [0.25, 0.3) is 0 Å². The van der Waals surface area contributed by atoms with E-state index >= 15 is 0 Å². The van der Waals surface area contributed by atoms with Crippen molar-refractivity contribution in [3.8, 4) is 0 Å². The molecular formula is C15H2F32O6S2. The lowest BCUT2D eigenvalue weighted by molar-refractivity contribution is -0.458. The third kappa shape index (κ3) is 7.21. The van der Waals surface area contributed by atoms with E-state index < -0.39 is 108 Å². The summed E-state index contributed by atoms with van der Waals surface area (Å²) in [4.78, 5) is 0. The van der Waals surface area contributed by atoms with E-state index in [9.17, 15) is 157 Å². The number of hydrogen-bond donors (Lipinski definition) is 2. The first-order chi connectivity index (χ1) is 22.8. The molecule has 0 fully saturated rings. The first-order valence-electron chi connectivity index (χ1n) is 10.7. The Morgan fingerprint density at radius 1 is 0.218 bits per heavy atom. The second-order valence-electron chi connectivity index (χ2n) is 9.30. The van der Waals surface area contributed by atoms with Crippen LogP contribution < -0.4 is 0 Å². The predicted molar refractivity (Wildman–Crippen MR) is 99.5 cm³/mol. The van der Waals surface area contributed by atoms with Gasteiger partial charge in [0.2, 0.25) is 0 Å². The number of alkyl halides is 32. The Bertz CT molecular complexity index is 1620. The molecule has 0 atom stereocenters. The van der Waals surface area contributed by atoms with Crippen LogP contribution in [-0.2, 0) is 20.2 Å². The minimum atomic E-state index is -8.89. The second-order valence-corrected chi connectivity index (χ2v) is 12.2. The maximum absolute atomic E-state index is 13.0. The van der Waals surface area contributed by atoms with Crippen LogP contribution >= 0.6 is 0 Å². The molecular weight excluding hydrogens is 948 g/mol. The van der Waals surface area contributed by atoms with Gasteiger partial charge in [0.05, 0.1) is 0 Å².